The van der Waals surface area contributed by atoms with E-state index in [1.807, 2.05) is 84.9 Å². The first-order valence-corrected chi connectivity index (χ1v) is 20.3. The van der Waals surface area contributed by atoms with Gasteiger partial charge in [-0.2, -0.15) is 0 Å². The van der Waals surface area contributed by atoms with Gasteiger partial charge in [0, 0.05) is 17.5 Å². The quantitative estimate of drug-likeness (QED) is 0.0911. The third-order valence-electron chi connectivity index (χ3n) is 10.8. The van der Waals surface area contributed by atoms with Crippen LogP contribution >= 0.6 is 11.6 Å². The fourth-order valence-corrected chi connectivity index (χ4v) is 8.08. The van der Waals surface area contributed by atoms with Gasteiger partial charge in [-0.15, -0.1) is 0 Å². The van der Waals surface area contributed by atoms with E-state index in [0.717, 1.165) is 56.0 Å². The molecule has 8 heteroatoms. The molecular formula is C50H49ClO7. The summed E-state index contributed by atoms with van der Waals surface area (Å²) in [4.78, 5) is 0. The van der Waals surface area contributed by atoms with E-state index in [-0.39, 0.29) is 6.61 Å². The van der Waals surface area contributed by atoms with E-state index in [4.69, 9.17) is 44.8 Å². The summed E-state index contributed by atoms with van der Waals surface area (Å²) in [5.41, 5.74) is 8.15. The summed E-state index contributed by atoms with van der Waals surface area (Å²) in [6.07, 6.45) is -1.59. The number of hydrogen-bond acceptors (Lipinski definition) is 7. The molecule has 6 aromatic carbocycles. The van der Waals surface area contributed by atoms with Gasteiger partial charge in [-0.1, -0.05) is 145 Å². The summed E-state index contributed by atoms with van der Waals surface area (Å²) in [6, 6.07) is 51.0. The van der Waals surface area contributed by atoms with Crippen molar-refractivity contribution in [3.63, 3.8) is 0 Å². The van der Waals surface area contributed by atoms with Crippen LogP contribution in [-0.4, -0.2) is 44.7 Å². The van der Waals surface area contributed by atoms with Crippen molar-refractivity contribution in [3.05, 3.63) is 201 Å². The third kappa shape index (κ3) is 9.81. The van der Waals surface area contributed by atoms with Crippen molar-refractivity contribution in [1.29, 1.82) is 0 Å². The first-order valence-electron chi connectivity index (χ1n) is 20.0. The molecular weight excluding hydrogens is 748 g/mol. The number of halogens is 1. The lowest BCUT2D eigenvalue weighted by Crippen LogP contribution is -2.58. The molecule has 2 heterocycles. The van der Waals surface area contributed by atoms with Crippen molar-refractivity contribution in [2.24, 2.45) is 0 Å². The first-order chi connectivity index (χ1) is 28.6. The lowest BCUT2D eigenvalue weighted by Gasteiger charge is -2.46. The molecule has 2 aliphatic heterocycles. The monoisotopic (exact) mass is 796 g/mol. The molecule has 6 aromatic rings. The molecule has 0 N–H and O–H groups in total. The Morgan fingerprint density at radius 2 is 1.10 bits per heavy atom. The number of ether oxygens (including phenoxy) is 7. The maximum Gasteiger partial charge on any atom is 0.130 e. The SMILES string of the molecule is COc1ccc(Cc2cc(C3O[C@H](COCc4ccccc4)[C@@H](OCc4ccccc4)[C@H](OCc4ccccc4)[C@H]3OCc3ccccc3)c3c(c2Cl)CCO3)cc1. The summed E-state index contributed by atoms with van der Waals surface area (Å²) >= 11 is 7.23. The second kappa shape index (κ2) is 19.6. The number of hydrogen-bond donors (Lipinski definition) is 0. The Kier molecular flexibility index (Phi) is 13.5. The molecule has 1 saturated heterocycles. The van der Waals surface area contributed by atoms with E-state index in [9.17, 15) is 0 Å². The number of fused-ring (bicyclic) bond motifs is 1. The van der Waals surface area contributed by atoms with Crippen LogP contribution in [0.4, 0.5) is 0 Å². The van der Waals surface area contributed by atoms with Gasteiger partial charge in [0.05, 0.1) is 51.8 Å². The standard InChI is InChI=1S/C50H49ClO7/c1-52-41-24-22-35(23-25-41)28-40-29-43(46-42(45(40)51)26-27-54-46)47-49(56-32-38-18-10-4-11-19-38)50(57-33-39-20-12-5-13-21-39)48(55-31-37-16-8-3-9-17-37)44(58-47)34-53-30-36-14-6-2-7-15-36/h2-25,29,44,47-50H,26-28,30-34H2,1H3/t44-,47?,48-,49+,50+/m1/s1. The third-order valence-corrected chi connectivity index (χ3v) is 11.2. The van der Waals surface area contributed by atoms with Crippen molar-refractivity contribution >= 4 is 11.6 Å². The van der Waals surface area contributed by atoms with Crippen LogP contribution in [0.3, 0.4) is 0 Å². The highest BCUT2D eigenvalue weighted by Crippen LogP contribution is 2.47. The average Bonchev–Trinajstić information content (AvgIpc) is 3.78. The molecule has 0 saturated carbocycles. The zero-order valence-electron chi connectivity index (χ0n) is 32.7. The van der Waals surface area contributed by atoms with Gasteiger partial charge < -0.3 is 33.2 Å². The van der Waals surface area contributed by atoms with Crippen molar-refractivity contribution in [1.82, 2.24) is 0 Å². The zero-order valence-corrected chi connectivity index (χ0v) is 33.5. The van der Waals surface area contributed by atoms with Crippen molar-refractivity contribution in [2.75, 3.05) is 20.3 Å². The molecule has 0 bridgehead atoms. The largest absolute Gasteiger partial charge is 0.497 e. The summed E-state index contributed by atoms with van der Waals surface area (Å²) in [6.45, 7) is 2.26. The van der Waals surface area contributed by atoms with Crippen LogP contribution < -0.4 is 9.47 Å². The van der Waals surface area contributed by atoms with Crippen molar-refractivity contribution < 1.29 is 33.2 Å². The molecule has 2 aliphatic rings. The van der Waals surface area contributed by atoms with E-state index < -0.39 is 30.5 Å². The minimum atomic E-state index is -0.620. The van der Waals surface area contributed by atoms with E-state index in [2.05, 4.69) is 66.7 Å². The molecule has 298 valence electrons. The minimum absolute atomic E-state index is 0.261. The Morgan fingerprint density at radius 3 is 1.66 bits per heavy atom. The summed E-state index contributed by atoms with van der Waals surface area (Å²) < 4.78 is 46.6. The average molecular weight is 797 g/mol. The van der Waals surface area contributed by atoms with Gasteiger partial charge in [-0.05, 0) is 58.0 Å². The smallest absolute Gasteiger partial charge is 0.130 e. The molecule has 1 unspecified atom stereocenters. The van der Waals surface area contributed by atoms with E-state index >= 15 is 0 Å². The Hall–Kier alpha value is -4.99. The fourth-order valence-electron chi connectivity index (χ4n) is 7.78. The lowest BCUT2D eigenvalue weighted by molar-refractivity contribution is -0.275. The highest BCUT2D eigenvalue weighted by Gasteiger charge is 2.50. The molecule has 0 amide bonds. The van der Waals surface area contributed by atoms with Gasteiger partial charge in [0.1, 0.15) is 42.0 Å². The van der Waals surface area contributed by atoms with E-state index in [0.29, 0.717) is 50.9 Å². The van der Waals surface area contributed by atoms with E-state index in [1.165, 1.54) is 0 Å². The van der Waals surface area contributed by atoms with Gasteiger partial charge in [0.15, 0.2) is 0 Å². The van der Waals surface area contributed by atoms with Gasteiger partial charge >= 0.3 is 0 Å². The van der Waals surface area contributed by atoms with Crippen LogP contribution in [0.5, 0.6) is 11.5 Å². The van der Waals surface area contributed by atoms with Gasteiger partial charge in [0.2, 0.25) is 0 Å². The number of methoxy groups -OCH3 is 1. The number of benzene rings is 6. The lowest BCUT2D eigenvalue weighted by atomic mass is 9.87. The van der Waals surface area contributed by atoms with Crippen LogP contribution in [0, 0.1) is 0 Å². The molecule has 0 aliphatic carbocycles. The van der Waals surface area contributed by atoms with Crippen LogP contribution in [0.25, 0.3) is 0 Å². The first kappa shape index (κ1) is 39.8. The fraction of sp³-hybridized carbons (Fsp3) is 0.280. The normalized spacial score (nSPS) is 20.0. The molecule has 0 aromatic heterocycles. The molecule has 58 heavy (non-hydrogen) atoms. The molecule has 5 atom stereocenters. The predicted octanol–water partition coefficient (Wildman–Crippen LogP) is 10.3. The maximum atomic E-state index is 7.30. The zero-order chi connectivity index (χ0) is 39.5. The molecule has 1 fully saturated rings. The second-order valence-electron chi connectivity index (χ2n) is 14.7. The van der Waals surface area contributed by atoms with Gasteiger partial charge in [-0.3, -0.25) is 0 Å². The summed E-state index contributed by atoms with van der Waals surface area (Å²) in [5, 5.41) is 0.716. The van der Waals surface area contributed by atoms with Crippen LogP contribution in [0.2, 0.25) is 5.02 Å². The topological polar surface area (TPSA) is 64.6 Å². The predicted molar refractivity (Wildman–Crippen MR) is 225 cm³/mol. The Bertz CT molecular complexity index is 2170. The van der Waals surface area contributed by atoms with E-state index in [1.54, 1.807) is 7.11 Å². The van der Waals surface area contributed by atoms with Crippen molar-refractivity contribution in [2.45, 2.75) is 69.8 Å². The van der Waals surface area contributed by atoms with Crippen molar-refractivity contribution in [3.8, 4) is 11.5 Å². The summed E-state index contributed by atoms with van der Waals surface area (Å²) in [7, 11) is 1.67. The molecule has 7 nitrogen and oxygen atoms in total. The highest BCUT2D eigenvalue weighted by atomic mass is 35.5. The minimum Gasteiger partial charge on any atom is -0.497 e. The maximum absolute atomic E-state index is 7.30. The Morgan fingerprint density at radius 1 is 0.586 bits per heavy atom. The summed E-state index contributed by atoms with van der Waals surface area (Å²) in [5.74, 6) is 1.55. The van der Waals surface area contributed by atoms with Gasteiger partial charge in [-0.25, -0.2) is 0 Å². The van der Waals surface area contributed by atoms with Crippen LogP contribution in [0.15, 0.2) is 152 Å². The Balaban J connectivity index is 1.21. The Labute approximate surface area is 346 Å². The number of rotatable bonds is 17. The molecule has 8 rings (SSSR count). The highest BCUT2D eigenvalue weighted by molar-refractivity contribution is 6.32. The molecule has 0 radical (unpaired) electrons. The van der Waals surface area contributed by atoms with Crippen LogP contribution in [-0.2, 0) is 63.0 Å². The van der Waals surface area contributed by atoms with Crippen LogP contribution in [0.1, 0.15) is 50.6 Å². The second-order valence-corrected chi connectivity index (χ2v) is 15.1. The van der Waals surface area contributed by atoms with Gasteiger partial charge in [0.25, 0.3) is 0 Å². The molecule has 0 spiro atoms.